The predicted octanol–water partition coefficient (Wildman–Crippen LogP) is 0.255. The van der Waals surface area contributed by atoms with Crippen molar-refractivity contribution in [3.8, 4) is 0 Å². The lowest BCUT2D eigenvalue weighted by atomic mass is 9.98. The van der Waals surface area contributed by atoms with Crippen LogP contribution in [0.1, 0.15) is 19.4 Å². The number of hydrogen-bond donors (Lipinski definition) is 2. The third-order valence-corrected chi connectivity index (χ3v) is 3.19. The molecule has 1 aromatic rings. The van der Waals surface area contributed by atoms with Gasteiger partial charge in [0, 0.05) is 31.4 Å². The quantitative estimate of drug-likeness (QED) is 0.769. The van der Waals surface area contributed by atoms with Gasteiger partial charge in [-0.2, -0.15) is 0 Å². The van der Waals surface area contributed by atoms with Gasteiger partial charge in [-0.1, -0.05) is 6.07 Å². The fraction of sp³-hybridized carbons (Fsp3) is 0.500. The molecule has 0 unspecified atom stereocenters. The number of rotatable bonds is 2. The van der Waals surface area contributed by atoms with Gasteiger partial charge >= 0.3 is 0 Å². The van der Waals surface area contributed by atoms with E-state index in [9.17, 15) is 4.79 Å². The summed E-state index contributed by atoms with van der Waals surface area (Å²) in [6.07, 6.45) is 1.73. The van der Waals surface area contributed by atoms with Crippen molar-refractivity contribution < 1.29 is 4.79 Å². The summed E-state index contributed by atoms with van der Waals surface area (Å²) in [6.45, 7) is 5.62. The van der Waals surface area contributed by atoms with Gasteiger partial charge in [0.2, 0.25) is 5.91 Å². The van der Waals surface area contributed by atoms with Crippen molar-refractivity contribution >= 4 is 11.7 Å². The van der Waals surface area contributed by atoms with Gasteiger partial charge in [0.1, 0.15) is 11.4 Å². The van der Waals surface area contributed by atoms with Crippen LogP contribution in [0.2, 0.25) is 0 Å². The number of carbonyl (C=O) groups excluding carboxylic acids is 1. The Kier molecular flexibility index (Phi) is 3.02. The van der Waals surface area contributed by atoms with Crippen LogP contribution in [-0.4, -0.2) is 29.5 Å². The van der Waals surface area contributed by atoms with Crippen LogP contribution >= 0.6 is 0 Å². The van der Waals surface area contributed by atoms with E-state index in [2.05, 4.69) is 10.3 Å². The Balaban J connectivity index is 2.41. The Hall–Kier alpha value is -1.62. The van der Waals surface area contributed by atoms with E-state index in [0.29, 0.717) is 13.1 Å². The molecule has 1 saturated heterocycles. The highest BCUT2D eigenvalue weighted by molar-refractivity contribution is 5.90. The molecule has 2 heterocycles. The van der Waals surface area contributed by atoms with E-state index < -0.39 is 5.54 Å². The van der Waals surface area contributed by atoms with Crippen molar-refractivity contribution in [2.45, 2.75) is 25.9 Å². The molecule has 1 fully saturated rings. The van der Waals surface area contributed by atoms with Crippen molar-refractivity contribution in [1.29, 1.82) is 0 Å². The molecule has 0 atom stereocenters. The van der Waals surface area contributed by atoms with E-state index in [4.69, 9.17) is 5.73 Å². The van der Waals surface area contributed by atoms with E-state index in [-0.39, 0.29) is 5.91 Å². The zero-order chi connectivity index (χ0) is 12.5. The molecule has 0 saturated carbocycles. The van der Waals surface area contributed by atoms with Gasteiger partial charge in [0.05, 0.1) is 0 Å². The number of nitrogens with one attached hydrogen (secondary N) is 1. The molecule has 0 bridgehead atoms. The minimum Gasteiger partial charge on any atom is -0.352 e. The van der Waals surface area contributed by atoms with Gasteiger partial charge in [0.25, 0.3) is 0 Å². The SMILES string of the molecule is CC1(C)C(=O)NCCN1c1ncccc1CN. The lowest BCUT2D eigenvalue weighted by molar-refractivity contribution is -0.126. The second-order valence-electron chi connectivity index (χ2n) is 4.66. The van der Waals surface area contributed by atoms with Crippen molar-refractivity contribution in [3.05, 3.63) is 23.9 Å². The average molecular weight is 234 g/mol. The molecule has 17 heavy (non-hydrogen) atoms. The Morgan fingerprint density at radius 3 is 3.06 bits per heavy atom. The van der Waals surface area contributed by atoms with Crippen LogP contribution in [0.5, 0.6) is 0 Å². The van der Waals surface area contributed by atoms with Gasteiger partial charge < -0.3 is 16.0 Å². The molecule has 0 spiro atoms. The number of nitrogens with zero attached hydrogens (tertiary/aromatic N) is 2. The summed E-state index contributed by atoms with van der Waals surface area (Å²) in [5, 5.41) is 2.87. The van der Waals surface area contributed by atoms with Crippen molar-refractivity contribution in [3.63, 3.8) is 0 Å². The largest absolute Gasteiger partial charge is 0.352 e. The zero-order valence-corrected chi connectivity index (χ0v) is 10.2. The summed E-state index contributed by atoms with van der Waals surface area (Å²) >= 11 is 0. The van der Waals surface area contributed by atoms with E-state index in [1.54, 1.807) is 6.20 Å². The fourth-order valence-corrected chi connectivity index (χ4v) is 2.10. The molecule has 1 aliphatic heterocycles. The normalized spacial score (nSPS) is 19.0. The molecular formula is C12H18N4O. The molecule has 0 aliphatic carbocycles. The topological polar surface area (TPSA) is 71.2 Å². The summed E-state index contributed by atoms with van der Waals surface area (Å²) in [6, 6.07) is 3.81. The standard InChI is InChI=1S/C12H18N4O/c1-12(2)11(17)15-6-7-16(12)10-9(8-13)4-3-5-14-10/h3-5H,6-8,13H2,1-2H3,(H,15,17). The van der Waals surface area contributed by atoms with E-state index in [0.717, 1.165) is 17.9 Å². The zero-order valence-electron chi connectivity index (χ0n) is 10.2. The number of carbonyl (C=O) groups is 1. The van der Waals surface area contributed by atoms with Crippen LogP contribution in [0.3, 0.4) is 0 Å². The molecule has 0 aromatic carbocycles. The summed E-state index contributed by atoms with van der Waals surface area (Å²) in [5.74, 6) is 0.840. The minimum atomic E-state index is -0.587. The summed E-state index contributed by atoms with van der Waals surface area (Å²) in [7, 11) is 0. The molecule has 1 amide bonds. The molecule has 0 radical (unpaired) electrons. The maximum atomic E-state index is 11.9. The van der Waals surface area contributed by atoms with Crippen LogP contribution in [0, 0.1) is 0 Å². The highest BCUT2D eigenvalue weighted by atomic mass is 16.2. The molecule has 1 aliphatic rings. The van der Waals surface area contributed by atoms with E-state index in [1.165, 1.54) is 0 Å². The number of hydrogen-bond acceptors (Lipinski definition) is 4. The van der Waals surface area contributed by atoms with Crippen LogP contribution < -0.4 is 16.0 Å². The van der Waals surface area contributed by atoms with Gasteiger partial charge in [-0.15, -0.1) is 0 Å². The summed E-state index contributed by atoms with van der Waals surface area (Å²) in [4.78, 5) is 18.3. The highest BCUT2D eigenvalue weighted by Gasteiger charge is 2.38. The lowest BCUT2D eigenvalue weighted by Gasteiger charge is -2.42. The first-order chi connectivity index (χ1) is 8.07. The third-order valence-electron chi connectivity index (χ3n) is 3.19. The molecule has 2 rings (SSSR count). The average Bonchev–Trinajstić information content (AvgIpc) is 2.33. The third kappa shape index (κ3) is 1.98. The molecule has 5 nitrogen and oxygen atoms in total. The fourth-order valence-electron chi connectivity index (χ4n) is 2.10. The van der Waals surface area contributed by atoms with Crippen molar-refractivity contribution in [2.24, 2.45) is 5.73 Å². The molecule has 3 N–H and O–H groups in total. The first-order valence-corrected chi connectivity index (χ1v) is 5.77. The Morgan fingerprint density at radius 1 is 1.59 bits per heavy atom. The molecule has 92 valence electrons. The minimum absolute atomic E-state index is 0.0253. The van der Waals surface area contributed by atoms with Crippen molar-refractivity contribution in [1.82, 2.24) is 10.3 Å². The number of piperazine rings is 1. The number of nitrogens with two attached hydrogens (primary N) is 1. The second-order valence-corrected chi connectivity index (χ2v) is 4.66. The molecule has 1 aromatic heterocycles. The van der Waals surface area contributed by atoms with E-state index in [1.807, 2.05) is 30.9 Å². The number of amides is 1. The maximum absolute atomic E-state index is 11.9. The first-order valence-electron chi connectivity index (χ1n) is 5.77. The van der Waals surface area contributed by atoms with Gasteiger partial charge in [-0.3, -0.25) is 4.79 Å². The number of pyridine rings is 1. The molecular weight excluding hydrogens is 216 g/mol. The maximum Gasteiger partial charge on any atom is 0.245 e. The molecule has 5 heteroatoms. The highest BCUT2D eigenvalue weighted by Crippen LogP contribution is 2.26. The Morgan fingerprint density at radius 2 is 2.35 bits per heavy atom. The van der Waals surface area contributed by atoms with E-state index >= 15 is 0 Å². The predicted molar refractivity (Wildman–Crippen MR) is 66.6 cm³/mol. The van der Waals surface area contributed by atoms with Crippen LogP contribution in [0.4, 0.5) is 5.82 Å². The van der Waals surface area contributed by atoms with Crippen LogP contribution in [0.15, 0.2) is 18.3 Å². The van der Waals surface area contributed by atoms with Crippen LogP contribution in [0.25, 0.3) is 0 Å². The summed E-state index contributed by atoms with van der Waals surface area (Å²) < 4.78 is 0. The Labute approximate surface area is 101 Å². The van der Waals surface area contributed by atoms with Gasteiger partial charge in [-0.05, 0) is 19.9 Å². The second kappa shape index (κ2) is 4.33. The first kappa shape index (κ1) is 11.9. The van der Waals surface area contributed by atoms with Gasteiger partial charge in [-0.25, -0.2) is 4.98 Å². The number of aromatic nitrogens is 1. The lowest BCUT2D eigenvalue weighted by Crippen LogP contribution is -2.62. The van der Waals surface area contributed by atoms with Crippen molar-refractivity contribution in [2.75, 3.05) is 18.0 Å². The van der Waals surface area contributed by atoms with Crippen LogP contribution in [-0.2, 0) is 11.3 Å². The Bertz CT molecular complexity index is 430. The monoisotopic (exact) mass is 234 g/mol. The smallest absolute Gasteiger partial charge is 0.245 e. The van der Waals surface area contributed by atoms with Gasteiger partial charge in [0.15, 0.2) is 0 Å². The number of anilines is 1. The summed E-state index contributed by atoms with van der Waals surface area (Å²) in [5.41, 5.74) is 6.09.